The highest BCUT2D eigenvalue weighted by atomic mass is 16.2. The first-order valence-corrected chi connectivity index (χ1v) is 7.09. The Hall–Kier alpha value is -0.530. The van der Waals surface area contributed by atoms with Gasteiger partial charge in [0.2, 0.25) is 5.91 Å². The maximum Gasteiger partial charge on any atom is 0.222 e. The van der Waals surface area contributed by atoms with E-state index in [-0.39, 0.29) is 0 Å². The number of hydrogen-bond acceptors (Lipinski definition) is 1. The lowest BCUT2D eigenvalue weighted by Gasteiger charge is -2.23. The molecule has 1 fully saturated rings. The Bertz CT molecular complexity index is 203. The van der Waals surface area contributed by atoms with Gasteiger partial charge >= 0.3 is 0 Å². The van der Waals surface area contributed by atoms with Crippen molar-refractivity contribution < 1.29 is 4.79 Å². The molecule has 0 aromatic rings. The van der Waals surface area contributed by atoms with Gasteiger partial charge in [-0.3, -0.25) is 4.79 Å². The van der Waals surface area contributed by atoms with Crippen molar-refractivity contribution >= 4 is 5.91 Å². The molecule has 16 heavy (non-hydrogen) atoms. The molecular weight excluding hydrogens is 198 g/mol. The van der Waals surface area contributed by atoms with Crippen LogP contribution in [-0.4, -0.2) is 23.4 Å². The maximum atomic E-state index is 11.6. The molecule has 0 aliphatic carbocycles. The van der Waals surface area contributed by atoms with Crippen molar-refractivity contribution in [2.45, 2.75) is 77.7 Å². The molecule has 0 aromatic heterocycles. The fourth-order valence-corrected chi connectivity index (χ4v) is 2.59. The summed E-state index contributed by atoms with van der Waals surface area (Å²) in [7, 11) is 0. The van der Waals surface area contributed by atoms with E-state index < -0.39 is 0 Å². The Morgan fingerprint density at radius 1 is 1.12 bits per heavy atom. The van der Waals surface area contributed by atoms with Crippen LogP contribution < -0.4 is 0 Å². The monoisotopic (exact) mass is 225 g/mol. The van der Waals surface area contributed by atoms with Crippen LogP contribution in [0.15, 0.2) is 0 Å². The summed E-state index contributed by atoms with van der Waals surface area (Å²) in [5.74, 6) is 0.389. The molecular formula is C14H27NO. The lowest BCUT2D eigenvalue weighted by atomic mass is 10.1. The summed E-state index contributed by atoms with van der Waals surface area (Å²) in [4.78, 5) is 13.8. The maximum absolute atomic E-state index is 11.6. The molecule has 1 rings (SSSR count). The average molecular weight is 225 g/mol. The molecule has 0 saturated carbocycles. The molecule has 0 radical (unpaired) electrons. The first-order chi connectivity index (χ1) is 7.79. The topological polar surface area (TPSA) is 20.3 Å². The molecule has 1 saturated heterocycles. The van der Waals surface area contributed by atoms with E-state index in [0.717, 1.165) is 25.8 Å². The van der Waals surface area contributed by atoms with Crippen LogP contribution in [0.2, 0.25) is 0 Å². The first kappa shape index (κ1) is 13.5. The molecule has 0 spiro atoms. The highest BCUT2D eigenvalue weighted by Crippen LogP contribution is 2.21. The highest BCUT2D eigenvalue weighted by Gasteiger charge is 2.28. The third-order valence-electron chi connectivity index (χ3n) is 3.68. The number of carbonyl (C=O) groups excluding carboxylic acids is 1. The molecule has 1 amide bonds. The van der Waals surface area contributed by atoms with E-state index in [0.29, 0.717) is 11.9 Å². The van der Waals surface area contributed by atoms with E-state index in [1.54, 1.807) is 0 Å². The molecule has 1 aliphatic heterocycles. The molecule has 0 bridgehead atoms. The molecule has 1 aliphatic rings. The van der Waals surface area contributed by atoms with Gasteiger partial charge in [-0.05, 0) is 19.3 Å². The molecule has 1 unspecified atom stereocenters. The quantitative estimate of drug-likeness (QED) is 0.576. The minimum atomic E-state index is 0.389. The fourth-order valence-electron chi connectivity index (χ4n) is 2.59. The Labute approximate surface area is 100 Å². The van der Waals surface area contributed by atoms with Gasteiger partial charge in [-0.15, -0.1) is 0 Å². The predicted octanol–water partition coefficient (Wildman–Crippen LogP) is 3.75. The minimum absolute atomic E-state index is 0.389. The van der Waals surface area contributed by atoms with Crippen molar-refractivity contribution in [2.24, 2.45) is 0 Å². The van der Waals surface area contributed by atoms with Gasteiger partial charge in [0.05, 0.1) is 0 Å². The van der Waals surface area contributed by atoms with Crippen LogP contribution in [0.1, 0.15) is 71.6 Å². The third-order valence-corrected chi connectivity index (χ3v) is 3.68. The largest absolute Gasteiger partial charge is 0.340 e. The zero-order chi connectivity index (χ0) is 11.8. The molecule has 2 nitrogen and oxygen atoms in total. The van der Waals surface area contributed by atoms with Gasteiger partial charge in [-0.25, -0.2) is 0 Å². The Balaban J connectivity index is 2.09. The standard InChI is InChI=1S/C14H27NO/c1-3-5-6-7-8-9-12-15-13(4-2)10-11-14(15)16/h13H,3-12H2,1-2H3. The van der Waals surface area contributed by atoms with Gasteiger partial charge in [-0.1, -0.05) is 46.0 Å². The van der Waals surface area contributed by atoms with E-state index in [4.69, 9.17) is 0 Å². The van der Waals surface area contributed by atoms with Crippen LogP contribution in [0.3, 0.4) is 0 Å². The van der Waals surface area contributed by atoms with E-state index in [9.17, 15) is 4.79 Å². The van der Waals surface area contributed by atoms with E-state index in [2.05, 4.69) is 18.7 Å². The Kier molecular flexibility index (Phi) is 6.51. The van der Waals surface area contributed by atoms with Crippen molar-refractivity contribution in [1.29, 1.82) is 0 Å². The van der Waals surface area contributed by atoms with Crippen molar-refractivity contribution in [3.8, 4) is 0 Å². The molecule has 1 heterocycles. The molecule has 94 valence electrons. The lowest BCUT2D eigenvalue weighted by molar-refractivity contribution is -0.129. The summed E-state index contributed by atoms with van der Waals surface area (Å²) in [5.41, 5.74) is 0. The van der Waals surface area contributed by atoms with Crippen LogP contribution in [-0.2, 0) is 4.79 Å². The summed E-state index contributed by atoms with van der Waals surface area (Å²) < 4.78 is 0. The van der Waals surface area contributed by atoms with Crippen LogP contribution >= 0.6 is 0 Å². The third kappa shape index (κ3) is 4.15. The van der Waals surface area contributed by atoms with Gasteiger partial charge in [0.25, 0.3) is 0 Å². The zero-order valence-electron chi connectivity index (χ0n) is 11.0. The van der Waals surface area contributed by atoms with E-state index in [1.807, 2.05) is 0 Å². The van der Waals surface area contributed by atoms with Crippen LogP contribution in [0.5, 0.6) is 0 Å². The summed E-state index contributed by atoms with van der Waals surface area (Å²) in [6, 6.07) is 0.545. The van der Waals surface area contributed by atoms with Gasteiger partial charge in [-0.2, -0.15) is 0 Å². The normalized spacial score (nSPS) is 20.8. The van der Waals surface area contributed by atoms with Crippen LogP contribution in [0.4, 0.5) is 0 Å². The molecule has 2 heteroatoms. The zero-order valence-corrected chi connectivity index (χ0v) is 11.0. The van der Waals surface area contributed by atoms with E-state index >= 15 is 0 Å². The van der Waals surface area contributed by atoms with Crippen molar-refractivity contribution in [1.82, 2.24) is 4.90 Å². The predicted molar refractivity (Wildman–Crippen MR) is 68.4 cm³/mol. The number of hydrogen-bond donors (Lipinski definition) is 0. The summed E-state index contributed by atoms with van der Waals surface area (Å²) in [6.45, 7) is 5.44. The van der Waals surface area contributed by atoms with Crippen molar-refractivity contribution in [3.05, 3.63) is 0 Å². The smallest absolute Gasteiger partial charge is 0.222 e. The fraction of sp³-hybridized carbons (Fsp3) is 0.929. The molecule has 1 atom stereocenters. The second kappa shape index (κ2) is 7.70. The highest BCUT2D eigenvalue weighted by molar-refractivity contribution is 5.78. The SMILES string of the molecule is CCCCCCCCN1C(=O)CCC1CC. The summed E-state index contributed by atoms with van der Waals surface area (Å²) in [5, 5.41) is 0. The number of nitrogens with zero attached hydrogens (tertiary/aromatic N) is 1. The summed E-state index contributed by atoms with van der Waals surface area (Å²) >= 11 is 0. The van der Waals surface area contributed by atoms with Gasteiger partial charge in [0, 0.05) is 19.0 Å². The Morgan fingerprint density at radius 2 is 1.81 bits per heavy atom. The number of likely N-dealkylation sites (tertiary alicyclic amines) is 1. The van der Waals surface area contributed by atoms with E-state index in [1.165, 1.54) is 38.5 Å². The molecule has 0 aromatic carbocycles. The van der Waals surface area contributed by atoms with Crippen molar-refractivity contribution in [2.75, 3.05) is 6.54 Å². The van der Waals surface area contributed by atoms with Crippen LogP contribution in [0, 0.1) is 0 Å². The second-order valence-corrected chi connectivity index (χ2v) is 4.96. The lowest BCUT2D eigenvalue weighted by Crippen LogP contribution is -2.33. The van der Waals surface area contributed by atoms with Crippen LogP contribution in [0.25, 0.3) is 0 Å². The number of amides is 1. The van der Waals surface area contributed by atoms with Crippen molar-refractivity contribution in [3.63, 3.8) is 0 Å². The Morgan fingerprint density at radius 3 is 2.50 bits per heavy atom. The molecule has 0 N–H and O–H groups in total. The second-order valence-electron chi connectivity index (χ2n) is 4.96. The van der Waals surface area contributed by atoms with Gasteiger partial charge in [0.1, 0.15) is 0 Å². The average Bonchev–Trinajstić information content (AvgIpc) is 2.65. The summed E-state index contributed by atoms with van der Waals surface area (Å²) in [6.07, 6.45) is 10.9. The van der Waals surface area contributed by atoms with Gasteiger partial charge < -0.3 is 4.90 Å². The number of rotatable bonds is 8. The minimum Gasteiger partial charge on any atom is -0.340 e. The first-order valence-electron chi connectivity index (χ1n) is 7.09. The number of carbonyl (C=O) groups is 1. The van der Waals surface area contributed by atoms with Gasteiger partial charge in [0.15, 0.2) is 0 Å². The number of unbranched alkanes of at least 4 members (excludes halogenated alkanes) is 5.